The molecule has 0 aliphatic carbocycles. The topological polar surface area (TPSA) is 61.8 Å². The molecule has 0 saturated heterocycles. The van der Waals surface area contributed by atoms with E-state index in [1.54, 1.807) is 7.11 Å². The second kappa shape index (κ2) is 12.3. The van der Waals surface area contributed by atoms with Crippen LogP contribution < -0.4 is 10.6 Å². The van der Waals surface area contributed by atoms with Gasteiger partial charge in [-0.3, -0.25) is 9.98 Å². The highest BCUT2D eigenvalue weighted by atomic mass is 16.5. The largest absolute Gasteiger partial charge is 0.385 e. The van der Waals surface area contributed by atoms with Crippen LogP contribution in [0.25, 0.3) is 10.9 Å². The van der Waals surface area contributed by atoms with Crippen molar-refractivity contribution in [2.45, 2.75) is 19.8 Å². The molecule has 2 N–H and O–H groups in total. The SMILES string of the molecule is CCNC(=NCCN(C)CCCOC)NCCc1cccc2cccnc12. The predicted octanol–water partition coefficient (Wildman–Crippen LogP) is 2.30. The summed E-state index contributed by atoms with van der Waals surface area (Å²) in [6.07, 6.45) is 3.82. The number of nitrogens with zero attached hydrogens (tertiary/aromatic N) is 3. The summed E-state index contributed by atoms with van der Waals surface area (Å²) >= 11 is 0. The van der Waals surface area contributed by atoms with Crippen LogP contribution in [0.15, 0.2) is 41.5 Å². The summed E-state index contributed by atoms with van der Waals surface area (Å²) in [7, 11) is 3.87. The van der Waals surface area contributed by atoms with Crippen molar-refractivity contribution in [3.63, 3.8) is 0 Å². The summed E-state index contributed by atoms with van der Waals surface area (Å²) < 4.78 is 5.10. The molecule has 0 saturated carbocycles. The van der Waals surface area contributed by atoms with Crippen molar-refractivity contribution in [3.8, 4) is 0 Å². The summed E-state index contributed by atoms with van der Waals surface area (Å²) in [6, 6.07) is 10.4. The van der Waals surface area contributed by atoms with Crippen molar-refractivity contribution < 1.29 is 4.74 Å². The molecule has 1 heterocycles. The molecule has 148 valence electrons. The summed E-state index contributed by atoms with van der Waals surface area (Å²) in [5, 5.41) is 7.94. The van der Waals surface area contributed by atoms with E-state index in [-0.39, 0.29) is 0 Å². The number of aliphatic imine (C=N–C) groups is 1. The normalized spacial score (nSPS) is 11.9. The number of hydrogen-bond acceptors (Lipinski definition) is 4. The Kier molecular flexibility index (Phi) is 9.58. The lowest BCUT2D eigenvalue weighted by Crippen LogP contribution is -2.39. The quantitative estimate of drug-likeness (QED) is 0.361. The number of benzene rings is 1. The summed E-state index contributed by atoms with van der Waals surface area (Å²) in [6.45, 7) is 7.31. The maximum atomic E-state index is 5.10. The molecule has 0 aliphatic rings. The monoisotopic (exact) mass is 371 g/mol. The number of rotatable bonds is 11. The van der Waals surface area contributed by atoms with Gasteiger partial charge in [-0.1, -0.05) is 24.3 Å². The second-order valence-corrected chi connectivity index (χ2v) is 6.58. The Balaban J connectivity index is 1.81. The van der Waals surface area contributed by atoms with Crippen LogP contribution in [0.5, 0.6) is 0 Å². The number of hydrogen-bond donors (Lipinski definition) is 2. The third-order valence-electron chi connectivity index (χ3n) is 4.39. The molecule has 6 heteroatoms. The van der Waals surface area contributed by atoms with Crippen molar-refractivity contribution in [1.82, 2.24) is 20.5 Å². The van der Waals surface area contributed by atoms with Gasteiger partial charge in [0.15, 0.2) is 5.96 Å². The van der Waals surface area contributed by atoms with Crippen LogP contribution in [0.4, 0.5) is 0 Å². The first-order valence-corrected chi connectivity index (χ1v) is 9.77. The van der Waals surface area contributed by atoms with Gasteiger partial charge in [0.2, 0.25) is 0 Å². The van der Waals surface area contributed by atoms with E-state index in [2.05, 4.69) is 63.7 Å². The van der Waals surface area contributed by atoms with Gasteiger partial charge >= 0.3 is 0 Å². The minimum absolute atomic E-state index is 0.772. The predicted molar refractivity (Wildman–Crippen MR) is 113 cm³/mol. The third-order valence-corrected chi connectivity index (χ3v) is 4.39. The Labute approximate surface area is 163 Å². The molecule has 0 bridgehead atoms. The van der Waals surface area contributed by atoms with Crippen molar-refractivity contribution in [1.29, 1.82) is 0 Å². The van der Waals surface area contributed by atoms with E-state index in [9.17, 15) is 0 Å². The van der Waals surface area contributed by atoms with E-state index in [1.807, 2.05) is 12.3 Å². The van der Waals surface area contributed by atoms with Gasteiger partial charge in [-0.25, -0.2) is 0 Å². The van der Waals surface area contributed by atoms with Crippen LogP contribution in [0, 0.1) is 0 Å². The minimum Gasteiger partial charge on any atom is -0.385 e. The van der Waals surface area contributed by atoms with Crippen molar-refractivity contribution in [3.05, 3.63) is 42.1 Å². The van der Waals surface area contributed by atoms with E-state index < -0.39 is 0 Å². The van der Waals surface area contributed by atoms with E-state index in [1.165, 1.54) is 10.9 Å². The van der Waals surface area contributed by atoms with Gasteiger partial charge in [-0.2, -0.15) is 0 Å². The first-order chi connectivity index (χ1) is 13.2. The van der Waals surface area contributed by atoms with E-state index in [0.29, 0.717) is 0 Å². The molecule has 0 radical (unpaired) electrons. The average molecular weight is 372 g/mol. The third kappa shape index (κ3) is 7.53. The molecule has 0 amide bonds. The van der Waals surface area contributed by atoms with E-state index in [0.717, 1.165) is 63.6 Å². The fourth-order valence-corrected chi connectivity index (χ4v) is 2.95. The number of ether oxygens (including phenoxy) is 1. The number of likely N-dealkylation sites (N-methyl/N-ethyl adjacent to an activating group) is 1. The lowest BCUT2D eigenvalue weighted by atomic mass is 10.1. The van der Waals surface area contributed by atoms with Crippen LogP contribution >= 0.6 is 0 Å². The fraction of sp³-hybridized carbons (Fsp3) is 0.524. The molecule has 1 aromatic carbocycles. The summed E-state index contributed by atoms with van der Waals surface area (Å²) in [5.41, 5.74) is 2.34. The van der Waals surface area contributed by atoms with Gasteiger partial charge < -0.3 is 20.3 Å². The molecule has 0 atom stereocenters. The maximum Gasteiger partial charge on any atom is 0.191 e. The van der Waals surface area contributed by atoms with Crippen LogP contribution in [-0.2, 0) is 11.2 Å². The smallest absolute Gasteiger partial charge is 0.191 e. The van der Waals surface area contributed by atoms with Crippen molar-refractivity contribution in [2.24, 2.45) is 4.99 Å². The number of methoxy groups -OCH3 is 1. The maximum absolute atomic E-state index is 5.10. The number of nitrogens with one attached hydrogen (secondary N) is 2. The minimum atomic E-state index is 0.772. The number of pyridine rings is 1. The molecular weight excluding hydrogens is 338 g/mol. The van der Waals surface area contributed by atoms with Crippen LogP contribution in [0.1, 0.15) is 18.9 Å². The number of para-hydroxylation sites is 1. The van der Waals surface area contributed by atoms with E-state index in [4.69, 9.17) is 4.74 Å². The molecule has 0 aliphatic heterocycles. The van der Waals surface area contributed by atoms with Gasteiger partial charge in [0.25, 0.3) is 0 Å². The number of guanidine groups is 1. The Bertz CT molecular complexity index is 699. The molecule has 27 heavy (non-hydrogen) atoms. The van der Waals surface area contributed by atoms with Crippen LogP contribution in [0.3, 0.4) is 0 Å². The second-order valence-electron chi connectivity index (χ2n) is 6.58. The zero-order valence-corrected chi connectivity index (χ0v) is 16.9. The molecule has 0 spiro atoms. The first-order valence-electron chi connectivity index (χ1n) is 9.77. The number of aromatic nitrogens is 1. The highest BCUT2D eigenvalue weighted by Gasteiger charge is 2.03. The molecule has 6 nitrogen and oxygen atoms in total. The van der Waals surface area contributed by atoms with Gasteiger partial charge in [-0.05, 0) is 38.4 Å². The molecular formula is C21H33N5O. The van der Waals surface area contributed by atoms with Gasteiger partial charge in [0.1, 0.15) is 0 Å². The van der Waals surface area contributed by atoms with Gasteiger partial charge in [0.05, 0.1) is 12.1 Å². The number of fused-ring (bicyclic) bond motifs is 1. The van der Waals surface area contributed by atoms with Crippen molar-refractivity contribution in [2.75, 3.05) is 53.5 Å². The Hall–Kier alpha value is -2.18. The molecule has 2 aromatic rings. The Morgan fingerprint density at radius 3 is 2.85 bits per heavy atom. The molecule has 0 fully saturated rings. The highest BCUT2D eigenvalue weighted by molar-refractivity contribution is 5.82. The zero-order chi connectivity index (χ0) is 19.3. The lowest BCUT2D eigenvalue weighted by Gasteiger charge is -2.16. The summed E-state index contributed by atoms with van der Waals surface area (Å²) in [4.78, 5) is 11.5. The van der Waals surface area contributed by atoms with Crippen molar-refractivity contribution >= 4 is 16.9 Å². The van der Waals surface area contributed by atoms with Gasteiger partial charge in [-0.15, -0.1) is 0 Å². The zero-order valence-electron chi connectivity index (χ0n) is 16.9. The molecule has 0 unspecified atom stereocenters. The first kappa shape index (κ1) is 21.1. The van der Waals surface area contributed by atoms with Crippen LogP contribution in [0.2, 0.25) is 0 Å². The highest BCUT2D eigenvalue weighted by Crippen LogP contribution is 2.15. The molecule has 2 rings (SSSR count). The Morgan fingerprint density at radius 1 is 1.19 bits per heavy atom. The van der Waals surface area contributed by atoms with Gasteiger partial charge in [0, 0.05) is 51.5 Å². The lowest BCUT2D eigenvalue weighted by molar-refractivity contribution is 0.180. The standard InChI is InChI=1S/C21H33N5O/c1-4-22-21(25-14-16-26(2)15-7-17-27-3)24-13-11-19-9-5-8-18-10-6-12-23-20(18)19/h5-6,8-10,12H,4,7,11,13-17H2,1-3H3,(H2,22,24,25). The van der Waals surface area contributed by atoms with Crippen LogP contribution in [-0.4, -0.2) is 69.3 Å². The summed E-state index contributed by atoms with van der Waals surface area (Å²) in [5.74, 6) is 0.871. The Morgan fingerprint density at radius 2 is 2.04 bits per heavy atom. The average Bonchev–Trinajstić information content (AvgIpc) is 2.68. The fourth-order valence-electron chi connectivity index (χ4n) is 2.95. The molecule has 1 aromatic heterocycles. The van der Waals surface area contributed by atoms with E-state index >= 15 is 0 Å².